The Labute approximate surface area is 180 Å². The van der Waals surface area contributed by atoms with Crippen LogP contribution >= 0.6 is 11.6 Å². The molecular formula is C23H25ClN2O4. The normalized spacial score (nSPS) is 12.0. The van der Waals surface area contributed by atoms with Gasteiger partial charge < -0.3 is 19.6 Å². The summed E-state index contributed by atoms with van der Waals surface area (Å²) in [5.41, 5.74) is 1.56. The number of carbonyl (C=O) groups excluding carboxylic acids is 1. The number of nitrogens with one attached hydrogen (secondary N) is 1. The summed E-state index contributed by atoms with van der Waals surface area (Å²) < 4.78 is 11.3. The van der Waals surface area contributed by atoms with E-state index in [9.17, 15) is 9.90 Å². The lowest BCUT2D eigenvalue weighted by atomic mass is 10.1. The highest BCUT2D eigenvalue weighted by Crippen LogP contribution is 2.23. The summed E-state index contributed by atoms with van der Waals surface area (Å²) in [6.45, 7) is 4.00. The molecule has 0 bridgehead atoms. The minimum Gasteiger partial charge on any atom is -0.491 e. The molecule has 1 aromatic heterocycles. The third-order valence-corrected chi connectivity index (χ3v) is 4.61. The highest BCUT2D eigenvalue weighted by molar-refractivity contribution is 6.30. The summed E-state index contributed by atoms with van der Waals surface area (Å²) in [6, 6.07) is 14.5. The number of aliphatic hydroxyl groups is 1. The number of benzene rings is 2. The summed E-state index contributed by atoms with van der Waals surface area (Å²) >= 11 is 5.89. The van der Waals surface area contributed by atoms with Crippen LogP contribution < -0.4 is 10.1 Å². The molecular weight excluding hydrogens is 404 g/mol. The second kappa shape index (κ2) is 10.3. The first-order valence-electron chi connectivity index (χ1n) is 9.82. The Balaban J connectivity index is 1.46. The van der Waals surface area contributed by atoms with Crippen LogP contribution in [0.1, 0.15) is 37.8 Å². The number of oxazole rings is 1. The van der Waals surface area contributed by atoms with Crippen LogP contribution in [0.2, 0.25) is 5.02 Å². The van der Waals surface area contributed by atoms with Crippen LogP contribution in [0.15, 0.2) is 59.1 Å². The second-order valence-corrected chi connectivity index (χ2v) is 7.62. The molecule has 0 saturated carbocycles. The third-order valence-electron chi connectivity index (χ3n) is 4.36. The molecule has 1 heterocycles. The number of ether oxygens (including phenoxy) is 1. The van der Waals surface area contributed by atoms with Crippen molar-refractivity contribution in [2.45, 2.75) is 38.9 Å². The molecule has 0 aliphatic heterocycles. The molecule has 0 aliphatic carbocycles. The number of carbonyl (C=O) groups is 1. The molecule has 7 heteroatoms. The van der Waals surface area contributed by atoms with E-state index in [-0.39, 0.29) is 25.0 Å². The number of rotatable bonds is 9. The fourth-order valence-electron chi connectivity index (χ4n) is 2.88. The number of halogens is 1. The van der Waals surface area contributed by atoms with E-state index in [0.717, 1.165) is 5.56 Å². The van der Waals surface area contributed by atoms with E-state index in [2.05, 4.69) is 10.3 Å². The maximum atomic E-state index is 12.1. The van der Waals surface area contributed by atoms with E-state index >= 15 is 0 Å². The SMILES string of the molecule is CC(C)Oc1cccc(C(O)CNC(=O)CCc2ncc(-c3ccc(Cl)cc3)o2)c1. The molecule has 3 rings (SSSR count). The van der Waals surface area contributed by atoms with Crippen molar-refractivity contribution < 1.29 is 19.1 Å². The summed E-state index contributed by atoms with van der Waals surface area (Å²) in [5.74, 6) is 1.61. The van der Waals surface area contributed by atoms with Crippen LogP contribution in [0.5, 0.6) is 5.75 Å². The maximum Gasteiger partial charge on any atom is 0.220 e. The Morgan fingerprint density at radius 1 is 1.23 bits per heavy atom. The van der Waals surface area contributed by atoms with E-state index < -0.39 is 6.10 Å². The highest BCUT2D eigenvalue weighted by atomic mass is 35.5. The molecule has 2 aromatic carbocycles. The number of amides is 1. The number of hydrogen-bond donors (Lipinski definition) is 2. The molecule has 30 heavy (non-hydrogen) atoms. The first-order valence-corrected chi connectivity index (χ1v) is 10.2. The lowest BCUT2D eigenvalue weighted by Crippen LogP contribution is -2.28. The monoisotopic (exact) mass is 428 g/mol. The van der Waals surface area contributed by atoms with Gasteiger partial charge in [-0.1, -0.05) is 23.7 Å². The summed E-state index contributed by atoms with van der Waals surface area (Å²) in [6.07, 6.45) is 1.44. The molecule has 0 spiro atoms. The minimum absolute atomic E-state index is 0.0486. The summed E-state index contributed by atoms with van der Waals surface area (Å²) in [7, 11) is 0. The van der Waals surface area contributed by atoms with Crippen LogP contribution in [0.3, 0.4) is 0 Å². The van der Waals surface area contributed by atoms with E-state index in [1.54, 1.807) is 30.5 Å². The number of hydrogen-bond acceptors (Lipinski definition) is 5. The largest absolute Gasteiger partial charge is 0.491 e. The van der Waals surface area contributed by atoms with Gasteiger partial charge in [0.25, 0.3) is 0 Å². The van der Waals surface area contributed by atoms with Gasteiger partial charge in [0.15, 0.2) is 11.7 Å². The van der Waals surface area contributed by atoms with Crippen LogP contribution in [0.4, 0.5) is 0 Å². The van der Waals surface area contributed by atoms with Gasteiger partial charge in [0.2, 0.25) is 5.91 Å². The first-order chi connectivity index (χ1) is 14.4. The molecule has 0 aliphatic rings. The van der Waals surface area contributed by atoms with Gasteiger partial charge in [-0.05, 0) is 55.8 Å². The Morgan fingerprint density at radius 2 is 2.00 bits per heavy atom. The zero-order chi connectivity index (χ0) is 21.5. The van der Waals surface area contributed by atoms with Crippen LogP contribution in [0.25, 0.3) is 11.3 Å². The topological polar surface area (TPSA) is 84.6 Å². The Kier molecular flexibility index (Phi) is 7.49. The Morgan fingerprint density at radius 3 is 2.73 bits per heavy atom. The smallest absolute Gasteiger partial charge is 0.220 e. The standard InChI is InChI=1S/C23H25ClN2O4/c1-15(2)29-19-5-3-4-17(12-19)20(27)13-25-22(28)10-11-23-26-14-21(30-23)16-6-8-18(24)9-7-16/h3-9,12,14-15,20,27H,10-11,13H2,1-2H3,(H,25,28). The predicted octanol–water partition coefficient (Wildman–Crippen LogP) is 4.56. The van der Waals surface area contributed by atoms with Crippen molar-refractivity contribution in [1.29, 1.82) is 0 Å². The van der Waals surface area contributed by atoms with E-state index in [1.165, 1.54) is 0 Å². The van der Waals surface area contributed by atoms with Crippen LogP contribution in [0, 0.1) is 0 Å². The lowest BCUT2D eigenvalue weighted by molar-refractivity contribution is -0.121. The molecule has 3 aromatic rings. The molecule has 158 valence electrons. The van der Waals surface area contributed by atoms with E-state index in [4.69, 9.17) is 20.8 Å². The quantitative estimate of drug-likeness (QED) is 0.521. The van der Waals surface area contributed by atoms with Crippen molar-refractivity contribution in [3.63, 3.8) is 0 Å². The average Bonchev–Trinajstić information content (AvgIpc) is 3.20. The summed E-state index contributed by atoms with van der Waals surface area (Å²) in [4.78, 5) is 16.4. The highest BCUT2D eigenvalue weighted by Gasteiger charge is 2.13. The third kappa shape index (κ3) is 6.34. The average molecular weight is 429 g/mol. The second-order valence-electron chi connectivity index (χ2n) is 7.18. The lowest BCUT2D eigenvalue weighted by Gasteiger charge is -2.15. The van der Waals surface area contributed by atoms with Gasteiger partial charge in [0.1, 0.15) is 5.75 Å². The molecule has 2 N–H and O–H groups in total. The fraction of sp³-hybridized carbons (Fsp3) is 0.304. The Hall–Kier alpha value is -2.83. The maximum absolute atomic E-state index is 12.1. The van der Waals surface area contributed by atoms with Gasteiger partial charge in [-0.15, -0.1) is 0 Å². The fourth-order valence-corrected chi connectivity index (χ4v) is 3.00. The zero-order valence-electron chi connectivity index (χ0n) is 17.0. The molecule has 1 amide bonds. The number of aliphatic hydroxyl groups excluding tert-OH is 1. The van der Waals surface area contributed by atoms with Gasteiger partial charge >= 0.3 is 0 Å². The van der Waals surface area contributed by atoms with Crippen LogP contribution in [-0.4, -0.2) is 28.6 Å². The molecule has 0 fully saturated rings. The first kappa shape index (κ1) is 21.9. The van der Waals surface area contributed by atoms with Crippen LogP contribution in [-0.2, 0) is 11.2 Å². The van der Waals surface area contributed by atoms with Gasteiger partial charge in [-0.3, -0.25) is 4.79 Å². The molecule has 1 unspecified atom stereocenters. The van der Waals surface area contributed by atoms with Gasteiger partial charge in [0.05, 0.1) is 18.4 Å². The van der Waals surface area contributed by atoms with Gasteiger partial charge in [-0.25, -0.2) is 4.98 Å². The van der Waals surface area contributed by atoms with Crippen molar-refractivity contribution in [3.05, 3.63) is 71.2 Å². The number of nitrogens with zero attached hydrogens (tertiary/aromatic N) is 1. The van der Waals surface area contributed by atoms with Crippen molar-refractivity contribution in [1.82, 2.24) is 10.3 Å². The summed E-state index contributed by atoms with van der Waals surface area (Å²) in [5, 5.41) is 13.7. The van der Waals surface area contributed by atoms with Crippen molar-refractivity contribution in [2.24, 2.45) is 0 Å². The van der Waals surface area contributed by atoms with Crippen molar-refractivity contribution >= 4 is 17.5 Å². The number of aromatic nitrogens is 1. The Bertz CT molecular complexity index is 969. The van der Waals surface area contributed by atoms with Crippen molar-refractivity contribution in [2.75, 3.05) is 6.54 Å². The molecule has 0 radical (unpaired) electrons. The zero-order valence-corrected chi connectivity index (χ0v) is 17.7. The van der Waals surface area contributed by atoms with E-state index in [0.29, 0.717) is 34.4 Å². The number of aryl methyl sites for hydroxylation is 1. The van der Waals surface area contributed by atoms with Gasteiger partial charge in [-0.2, -0.15) is 0 Å². The molecule has 6 nitrogen and oxygen atoms in total. The predicted molar refractivity (Wildman–Crippen MR) is 115 cm³/mol. The van der Waals surface area contributed by atoms with Gasteiger partial charge in [0, 0.05) is 30.0 Å². The van der Waals surface area contributed by atoms with E-state index in [1.807, 2.05) is 38.1 Å². The minimum atomic E-state index is -0.817. The molecule has 1 atom stereocenters. The van der Waals surface area contributed by atoms with Crippen molar-refractivity contribution in [3.8, 4) is 17.1 Å². The molecule has 0 saturated heterocycles.